The molecule has 1 aromatic carbocycles. The first kappa shape index (κ1) is 25.4. The Morgan fingerprint density at radius 3 is 2.76 bits per heavy atom. The number of pyridine rings is 1. The van der Waals surface area contributed by atoms with Crippen LogP contribution in [0.3, 0.4) is 0 Å². The van der Waals surface area contributed by atoms with Crippen LogP contribution in [-0.2, 0) is 11.3 Å². The van der Waals surface area contributed by atoms with Crippen LogP contribution in [0.25, 0.3) is 22.6 Å². The maximum atomic E-state index is 5.89. The number of aromatic nitrogens is 4. The van der Waals surface area contributed by atoms with Gasteiger partial charge in [-0.2, -0.15) is 0 Å². The average molecular weight is 513 g/mol. The highest BCUT2D eigenvalue weighted by Gasteiger charge is 2.10. The van der Waals surface area contributed by atoms with Crippen molar-refractivity contribution in [2.24, 2.45) is 10.7 Å². The topological polar surface area (TPSA) is 115 Å². The second-order valence-electron chi connectivity index (χ2n) is 8.89. The Kier molecular flexibility index (Phi) is 8.22. The van der Waals surface area contributed by atoms with Gasteiger partial charge in [-0.1, -0.05) is 24.3 Å². The zero-order valence-electron chi connectivity index (χ0n) is 21.5. The molecule has 0 bridgehead atoms. The minimum absolute atomic E-state index is 0.621. The van der Waals surface area contributed by atoms with Gasteiger partial charge in [0.2, 0.25) is 0 Å². The van der Waals surface area contributed by atoms with Gasteiger partial charge in [0, 0.05) is 62.5 Å². The normalized spacial score (nSPS) is 14.8. The van der Waals surface area contributed by atoms with Gasteiger partial charge in [-0.05, 0) is 17.2 Å². The van der Waals surface area contributed by atoms with Crippen molar-refractivity contribution >= 4 is 23.3 Å². The lowest BCUT2D eigenvalue weighted by Gasteiger charge is -2.25. The van der Waals surface area contributed by atoms with Crippen molar-refractivity contribution < 1.29 is 9.47 Å². The highest BCUT2D eigenvalue weighted by atomic mass is 16.5. The number of aliphatic imine (C=N–C) groups is 1. The number of nitrogens with one attached hydrogen (secondary N) is 1. The lowest BCUT2D eigenvalue weighted by atomic mass is 10.1. The largest absolute Gasteiger partial charge is 0.497 e. The fourth-order valence-electron chi connectivity index (χ4n) is 4.28. The summed E-state index contributed by atoms with van der Waals surface area (Å²) < 4.78 is 12.7. The Morgan fingerprint density at radius 1 is 1.13 bits per heavy atom. The summed E-state index contributed by atoms with van der Waals surface area (Å²) in [6, 6.07) is 14.0. The fourth-order valence-corrected chi connectivity index (χ4v) is 4.28. The molecule has 0 amide bonds. The van der Waals surface area contributed by atoms with Crippen LogP contribution in [0.4, 0.5) is 5.82 Å². The van der Waals surface area contributed by atoms with Gasteiger partial charge < -0.3 is 20.5 Å². The van der Waals surface area contributed by atoms with Crippen LogP contribution in [0.2, 0.25) is 0 Å². The van der Waals surface area contributed by atoms with Gasteiger partial charge >= 0.3 is 0 Å². The van der Waals surface area contributed by atoms with Crippen LogP contribution < -0.4 is 15.8 Å². The molecule has 0 unspecified atom stereocenters. The molecule has 10 nitrogen and oxygen atoms in total. The first-order valence-electron chi connectivity index (χ1n) is 12.6. The molecule has 0 spiro atoms. The number of hydrogen-bond donors (Lipinski definition) is 2. The molecule has 3 N–H and O–H groups in total. The number of ether oxygens (including phenoxy) is 2. The monoisotopic (exact) mass is 512 g/mol. The molecule has 3 aromatic heterocycles. The summed E-state index contributed by atoms with van der Waals surface area (Å²) in [5.74, 6) is 1.49. The molecule has 4 aromatic rings. The summed E-state index contributed by atoms with van der Waals surface area (Å²) in [4.78, 5) is 20.2. The molecule has 0 saturated carbocycles. The van der Waals surface area contributed by atoms with Crippen LogP contribution in [-0.4, -0.2) is 77.0 Å². The van der Waals surface area contributed by atoms with Crippen LogP contribution in [0.5, 0.6) is 5.75 Å². The van der Waals surface area contributed by atoms with Crippen LogP contribution in [0, 0.1) is 0 Å². The number of rotatable bonds is 10. The molecule has 0 radical (unpaired) electrons. The van der Waals surface area contributed by atoms with E-state index >= 15 is 0 Å². The van der Waals surface area contributed by atoms with E-state index in [1.807, 2.05) is 35.0 Å². The molecule has 0 aliphatic carbocycles. The average Bonchev–Trinajstić information content (AvgIpc) is 3.40. The number of benzene rings is 1. The number of imidazole rings is 1. The van der Waals surface area contributed by atoms with E-state index in [-0.39, 0.29) is 0 Å². The standard InChI is InChI=1S/C28H32N8O2/c1-37-24-6-8-36-26(19-32-28(36)14-24)25-15-27(34-20-33-25)31-17-21-2-4-22(5-3-21)23(16-29)18-30-7-9-35-10-12-38-13-11-35/h2-6,8,14-16,18-20H,7,9-13,17,29H2,1H3,(H,31,33,34). The number of methoxy groups -OCH3 is 1. The van der Waals surface area contributed by atoms with Crippen molar-refractivity contribution in [2.75, 3.05) is 51.8 Å². The van der Waals surface area contributed by atoms with E-state index in [1.54, 1.807) is 25.8 Å². The molecule has 5 rings (SSSR count). The van der Waals surface area contributed by atoms with E-state index in [0.29, 0.717) is 6.54 Å². The second-order valence-corrected chi connectivity index (χ2v) is 8.89. The predicted molar refractivity (Wildman–Crippen MR) is 149 cm³/mol. The van der Waals surface area contributed by atoms with Gasteiger partial charge in [0.15, 0.2) is 0 Å². The highest BCUT2D eigenvalue weighted by molar-refractivity contribution is 6.09. The van der Waals surface area contributed by atoms with E-state index in [9.17, 15) is 0 Å². The summed E-state index contributed by atoms with van der Waals surface area (Å²) in [6.07, 6.45) is 8.73. The van der Waals surface area contributed by atoms with Gasteiger partial charge in [-0.3, -0.25) is 14.3 Å². The molecule has 0 atom stereocenters. The number of hydrogen-bond acceptors (Lipinski definition) is 9. The molecular weight excluding hydrogens is 480 g/mol. The zero-order valence-corrected chi connectivity index (χ0v) is 21.5. The van der Waals surface area contributed by atoms with E-state index in [2.05, 4.69) is 54.4 Å². The number of morpholine rings is 1. The molecule has 1 saturated heterocycles. The summed E-state index contributed by atoms with van der Waals surface area (Å²) in [6.45, 7) is 5.83. The van der Waals surface area contributed by atoms with Gasteiger partial charge in [-0.15, -0.1) is 0 Å². The van der Waals surface area contributed by atoms with Crippen LogP contribution in [0.15, 0.2) is 72.4 Å². The van der Waals surface area contributed by atoms with Crippen molar-refractivity contribution in [1.82, 2.24) is 24.3 Å². The summed E-state index contributed by atoms with van der Waals surface area (Å²) >= 11 is 0. The third-order valence-electron chi connectivity index (χ3n) is 6.47. The van der Waals surface area contributed by atoms with Crippen molar-refractivity contribution in [3.63, 3.8) is 0 Å². The zero-order chi connectivity index (χ0) is 26.2. The molecule has 196 valence electrons. The van der Waals surface area contributed by atoms with Crippen LogP contribution in [0.1, 0.15) is 11.1 Å². The second kappa shape index (κ2) is 12.3. The van der Waals surface area contributed by atoms with Gasteiger partial charge in [0.1, 0.15) is 23.5 Å². The predicted octanol–water partition coefficient (Wildman–Crippen LogP) is 3.11. The van der Waals surface area contributed by atoms with E-state index in [0.717, 1.165) is 84.7 Å². The third-order valence-corrected chi connectivity index (χ3v) is 6.47. The lowest BCUT2D eigenvalue weighted by molar-refractivity contribution is 0.0395. The third kappa shape index (κ3) is 6.16. The Labute approximate surface area is 221 Å². The van der Waals surface area contributed by atoms with Gasteiger partial charge in [0.25, 0.3) is 0 Å². The fraction of sp³-hybridized carbons (Fsp3) is 0.286. The molecule has 10 heteroatoms. The van der Waals surface area contributed by atoms with E-state index in [1.165, 1.54) is 0 Å². The van der Waals surface area contributed by atoms with E-state index in [4.69, 9.17) is 15.2 Å². The number of allylic oxidation sites excluding steroid dienone is 1. The van der Waals surface area contributed by atoms with E-state index < -0.39 is 0 Å². The minimum Gasteiger partial charge on any atom is -0.497 e. The number of fused-ring (bicyclic) bond motifs is 1. The molecular formula is C28H32N8O2. The molecule has 38 heavy (non-hydrogen) atoms. The van der Waals surface area contributed by atoms with Crippen molar-refractivity contribution in [1.29, 1.82) is 0 Å². The van der Waals surface area contributed by atoms with Crippen molar-refractivity contribution in [2.45, 2.75) is 6.54 Å². The number of nitrogens with zero attached hydrogens (tertiary/aromatic N) is 6. The maximum Gasteiger partial charge on any atom is 0.140 e. The molecule has 4 heterocycles. The Bertz CT molecular complexity index is 1410. The number of anilines is 1. The first-order chi connectivity index (χ1) is 18.7. The smallest absolute Gasteiger partial charge is 0.140 e. The van der Waals surface area contributed by atoms with Crippen molar-refractivity contribution in [3.8, 4) is 17.1 Å². The van der Waals surface area contributed by atoms with Crippen LogP contribution >= 0.6 is 0 Å². The lowest BCUT2D eigenvalue weighted by Crippen LogP contribution is -2.37. The minimum atomic E-state index is 0.621. The summed E-state index contributed by atoms with van der Waals surface area (Å²) in [5.41, 5.74) is 11.4. The first-order valence-corrected chi connectivity index (χ1v) is 12.6. The number of nitrogens with two attached hydrogens (primary N) is 1. The Morgan fingerprint density at radius 2 is 1.97 bits per heavy atom. The molecule has 1 aliphatic rings. The summed E-state index contributed by atoms with van der Waals surface area (Å²) in [7, 11) is 1.64. The van der Waals surface area contributed by atoms with Gasteiger partial charge in [-0.25, -0.2) is 15.0 Å². The quantitative estimate of drug-likeness (QED) is 0.312. The molecule has 1 aliphatic heterocycles. The SMILES string of the molecule is COc1ccn2c(-c3cc(NCc4ccc(C(C=NCCN5CCOCC5)=CN)cc4)ncn3)cnc2c1. The highest BCUT2D eigenvalue weighted by Crippen LogP contribution is 2.23. The molecule has 1 fully saturated rings. The maximum absolute atomic E-state index is 5.89. The Hall–Kier alpha value is -4.28. The summed E-state index contributed by atoms with van der Waals surface area (Å²) in [5, 5.41) is 3.39. The van der Waals surface area contributed by atoms with Gasteiger partial charge in [0.05, 0.1) is 44.5 Å². The Balaban J connectivity index is 1.18. The van der Waals surface area contributed by atoms with Crippen molar-refractivity contribution in [3.05, 3.63) is 78.5 Å².